The molecule has 5 rings (SSSR count). The maximum Gasteiger partial charge on any atom is 0.138 e. The van der Waals surface area contributed by atoms with E-state index in [2.05, 4.69) is 63.7 Å². The number of nitrogens with one attached hydrogen (secondary N) is 1. The van der Waals surface area contributed by atoms with Crippen LogP contribution in [0, 0.1) is 17.2 Å². The number of nitriles is 1. The third kappa shape index (κ3) is 5.70. The van der Waals surface area contributed by atoms with E-state index in [1.54, 1.807) is 13.2 Å². The summed E-state index contributed by atoms with van der Waals surface area (Å²) in [5, 5.41) is 12.8. The van der Waals surface area contributed by atoms with Crippen molar-refractivity contribution in [2.75, 3.05) is 69.8 Å². The molecule has 3 aromatic carbocycles. The summed E-state index contributed by atoms with van der Waals surface area (Å²) < 4.78 is 5.42. The highest BCUT2D eigenvalue weighted by Crippen LogP contribution is 2.39. The van der Waals surface area contributed by atoms with Crippen molar-refractivity contribution >= 4 is 23.3 Å². The fourth-order valence-corrected chi connectivity index (χ4v) is 5.73. The van der Waals surface area contributed by atoms with Crippen LogP contribution >= 0.6 is 0 Å². The first-order valence-electron chi connectivity index (χ1n) is 14.0. The number of carbonyl (C=O) groups is 1. The Kier molecular flexibility index (Phi) is 8.11. The van der Waals surface area contributed by atoms with E-state index in [9.17, 15) is 10.1 Å². The normalized spacial score (nSPS) is 16.2. The first-order chi connectivity index (χ1) is 19.3. The lowest BCUT2D eigenvalue weighted by atomic mass is 9.83. The number of methoxy groups -OCH3 is 1. The predicted molar refractivity (Wildman–Crippen MR) is 162 cm³/mol. The standard InChI is InChI=1S/C33H39N5O2/c1-33(2,23-39)30-17-26(8-12-31(30)36(3)29-11-7-27(19-34)32(18-29)40-4)25-5-9-28(10-6-25)38-21-24(22-38)20-37-15-13-35-14-16-37/h5-12,17-18,23-24,35H,13-16,20-22H2,1-4H3. The molecule has 7 nitrogen and oxygen atoms in total. The minimum Gasteiger partial charge on any atom is -0.495 e. The van der Waals surface area contributed by atoms with Gasteiger partial charge in [0.2, 0.25) is 0 Å². The first-order valence-corrected chi connectivity index (χ1v) is 14.0. The minimum absolute atomic E-state index is 0.486. The van der Waals surface area contributed by atoms with E-state index in [0.29, 0.717) is 11.3 Å². The third-order valence-corrected chi connectivity index (χ3v) is 8.29. The van der Waals surface area contributed by atoms with Crippen molar-refractivity contribution < 1.29 is 9.53 Å². The lowest BCUT2D eigenvalue weighted by Crippen LogP contribution is -2.54. The molecule has 0 atom stereocenters. The van der Waals surface area contributed by atoms with Gasteiger partial charge in [-0.25, -0.2) is 0 Å². The van der Waals surface area contributed by atoms with Crippen LogP contribution in [0.1, 0.15) is 25.0 Å². The molecule has 2 heterocycles. The number of anilines is 3. The van der Waals surface area contributed by atoms with Gasteiger partial charge in [-0.15, -0.1) is 0 Å². The number of aldehydes is 1. The van der Waals surface area contributed by atoms with Gasteiger partial charge in [0.15, 0.2) is 0 Å². The van der Waals surface area contributed by atoms with E-state index >= 15 is 0 Å². The summed E-state index contributed by atoms with van der Waals surface area (Å²) in [6.45, 7) is 11.8. The quantitative estimate of drug-likeness (QED) is 0.393. The Labute approximate surface area is 238 Å². The minimum atomic E-state index is -0.687. The molecule has 0 unspecified atom stereocenters. The van der Waals surface area contributed by atoms with E-state index in [-0.39, 0.29) is 0 Å². The number of hydrogen-bond acceptors (Lipinski definition) is 7. The van der Waals surface area contributed by atoms with Gasteiger partial charge in [0.25, 0.3) is 0 Å². The second-order valence-electron chi connectivity index (χ2n) is 11.5. The molecule has 0 aliphatic carbocycles. The molecule has 2 saturated heterocycles. The van der Waals surface area contributed by atoms with E-state index in [1.807, 2.05) is 37.9 Å². The SMILES string of the molecule is COc1cc(N(C)c2ccc(-c3ccc(N4CC(CN5CCNCC5)C4)cc3)cc2C(C)(C)C=O)ccc1C#N. The Balaban J connectivity index is 1.34. The maximum absolute atomic E-state index is 12.2. The molecule has 0 bridgehead atoms. The second kappa shape index (κ2) is 11.7. The lowest BCUT2D eigenvalue weighted by molar-refractivity contribution is -0.111. The third-order valence-electron chi connectivity index (χ3n) is 8.29. The fourth-order valence-electron chi connectivity index (χ4n) is 5.73. The van der Waals surface area contributed by atoms with Gasteiger partial charge in [-0.1, -0.05) is 18.2 Å². The van der Waals surface area contributed by atoms with Crippen LogP contribution in [0.15, 0.2) is 60.7 Å². The smallest absolute Gasteiger partial charge is 0.138 e. The number of benzene rings is 3. The predicted octanol–water partition coefficient (Wildman–Crippen LogP) is 4.82. The molecular weight excluding hydrogens is 498 g/mol. The Morgan fingerprint density at radius 3 is 2.40 bits per heavy atom. The molecule has 208 valence electrons. The zero-order valence-electron chi connectivity index (χ0n) is 24.0. The van der Waals surface area contributed by atoms with E-state index < -0.39 is 5.41 Å². The topological polar surface area (TPSA) is 71.8 Å². The first kappa shape index (κ1) is 27.7. The Morgan fingerprint density at radius 1 is 1.05 bits per heavy atom. The number of nitrogens with zero attached hydrogens (tertiary/aromatic N) is 4. The van der Waals surface area contributed by atoms with Crippen LogP contribution in [0.3, 0.4) is 0 Å². The van der Waals surface area contributed by atoms with Crippen molar-refractivity contribution in [2.45, 2.75) is 19.3 Å². The molecule has 0 spiro atoms. The van der Waals surface area contributed by atoms with E-state index in [0.717, 1.165) is 79.5 Å². The van der Waals surface area contributed by atoms with Crippen LogP contribution in [-0.4, -0.2) is 71.2 Å². The molecule has 0 aromatic heterocycles. The van der Waals surface area contributed by atoms with Crippen LogP contribution in [0.4, 0.5) is 17.1 Å². The average Bonchev–Trinajstić information content (AvgIpc) is 2.98. The molecule has 0 saturated carbocycles. The van der Waals surface area contributed by atoms with Crippen LogP contribution in [0.2, 0.25) is 0 Å². The van der Waals surface area contributed by atoms with Gasteiger partial charge < -0.3 is 29.5 Å². The van der Waals surface area contributed by atoms with Crippen LogP contribution in [0.25, 0.3) is 11.1 Å². The number of hydrogen-bond donors (Lipinski definition) is 1. The zero-order valence-corrected chi connectivity index (χ0v) is 24.0. The largest absolute Gasteiger partial charge is 0.495 e. The van der Waals surface area contributed by atoms with Gasteiger partial charge in [-0.3, -0.25) is 0 Å². The maximum atomic E-state index is 12.2. The fraction of sp³-hybridized carbons (Fsp3) is 0.394. The van der Waals surface area contributed by atoms with Crippen molar-refractivity contribution in [1.82, 2.24) is 10.2 Å². The van der Waals surface area contributed by atoms with Crippen molar-refractivity contribution in [3.05, 3.63) is 71.8 Å². The van der Waals surface area contributed by atoms with Gasteiger partial charge in [-0.05, 0) is 66.9 Å². The van der Waals surface area contributed by atoms with Crippen LogP contribution in [-0.2, 0) is 10.2 Å². The lowest BCUT2D eigenvalue weighted by Gasteiger charge is -2.44. The summed E-state index contributed by atoms with van der Waals surface area (Å²) in [7, 11) is 3.53. The monoisotopic (exact) mass is 537 g/mol. The van der Waals surface area contributed by atoms with Gasteiger partial charge in [0.05, 0.1) is 12.7 Å². The summed E-state index contributed by atoms with van der Waals surface area (Å²) in [6.07, 6.45) is 1.01. The Morgan fingerprint density at radius 2 is 1.75 bits per heavy atom. The highest BCUT2D eigenvalue weighted by molar-refractivity contribution is 5.80. The Hall–Kier alpha value is -3.86. The molecule has 2 fully saturated rings. The molecule has 0 radical (unpaired) electrons. The summed E-state index contributed by atoms with van der Waals surface area (Å²) in [4.78, 5) is 19.3. The van der Waals surface area contributed by atoms with Gasteiger partial charge in [-0.2, -0.15) is 5.26 Å². The summed E-state index contributed by atoms with van der Waals surface area (Å²) in [6, 6.07) is 22.8. The van der Waals surface area contributed by atoms with Gasteiger partial charge in [0.1, 0.15) is 18.1 Å². The van der Waals surface area contributed by atoms with Crippen molar-refractivity contribution in [3.63, 3.8) is 0 Å². The number of ether oxygens (including phenoxy) is 1. The number of piperazine rings is 1. The van der Waals surface area contributed by atoms with Crippen molar-refractivity contribution in [1.29, 1.82) is 5.26 Å². The second-order valence-corrected chi connectivity index (χ2v) is 11.5. The van der Waals surface area contributed by atoms with Gasteiger partial charge in [0, 0.05) is 87.3 Å². The number of rotatable bonds is 9. The molecule has 3 aromatic rings. The highest BCUT2D eigenvalue weighted by Gasteiger charge is 2.29. The molecular formula is C33H39N5O2. The number of carbonyl (C=O) groups excluding carboxylic acids is 1. The van der Waals surface area contributed by atoms with Crippen molar-refractivity contribution in [3.8, 4) is 22.9 Å². The summed E-state index contributed by atoms with van der Waals surface area (Å²) in [5.74, 6) is 1.27. The molecule has 2 aliphatic heterocycles. The molecule has 40 heavy (non-hydrogen) atoms. The Bertz CT molecular complexity index is 1380. The van der Waals surface area contributed by atoms with E-state index in [1.165, 1.54) is 12.2 Å². The summed E-state index contributed by atoms with van der Waals surface area (Å²) >= 11 is 0. The van der Waals surface area contributed by atoms with Gasteiger partial charge >= 0.3 is 0 Å². The van der Waals surface area contributed by atoms with Crippen LogP contribution < -0.4 is 19.9 Å². The highest BCUT2D eigenvalue weighted by atomic mass is 16.5. The van der Waals surface area contributed by atoms with Crippen molar-refractivity contribution in [2.24, 2.45) is 5.92 Å². The van der Waals surface area contributed by atoms with Crippen LogP contribution in [0.5, 0.6) is 5.75 Å². The molecule has 7 heteroatoms. The summed E-state index contributed by atoms with van der Waals surface area (Å²) in [5.41, 5.74) is 6.01. The molecule has 2 aliphatic rings. The molecule has 1 N–H and O–H groups in total. The zero-order chi connectivity index (χ0) is 28.3. The van der Waals surface area contributed by atoms with E-state index in [4.69, 9.17) is 4.74 Å². The molecule has 0 amide bonds. The average molecular weight is 538 g/mol.